The van der Waals surface area contributed by atoms with E-state index in [-0.39, 0.29) is 11.5 Å². The van der Waals surface area contributed by atoms with Crippen molar-refractivity contribution < 1.29 is 5.11 Å². The quantitative estimate of drug-likeness (QED) is 0.654. The van der Waals surface area contributed by atoms with Crippen LogP contribution in [0.2, 0.25) is 0 Å². The Balaban J connectivity index is 2.22. The van der Waals surface area contributed by atoms with Crippen molar-refractivity contribution in [3.05, 3.63) is 11.6 Å². The van der Waals surface area contributed by atoms with Crippen LogP contribution in [-0.2, 0) is 0 Å². The third kappa shape index (κ3) is 1.87. The highest BCUT2D eigenvalue weighted by Gasteiger charge is 2.43. The molecule has 0 heterocycles. The van der Waals surface area contributed by atoms with Crippen LogP contribution in [0.3, 0.4) is 0 Å². The summed E-state index contributed by atoms with van der Waals surface area (Å²) in [6, 6.07) is 0. The van der Waals surface area contributed by atoms with Gasteiger partial charge in [0.1, 0.15) is 0 Å². The molecule has 0 aromatic heterocycles. The predicted molar refractivity (Wildman–Crippen MR) is 63.6 cm³/mol. The molecule has 0 unspecified atom stereocenters. The average Bonchev–Trinajstić information content (AvgIpc) is 2.19. The maximum Gasteiger partial charge on any atom is 0.0631 e. The fraction of sp³-hybridized carbons (Fsp3) is 0.857. The van der Waals surface area contributed by atoms with Crippen molar-refractivity contribution >= 4 is 0 Å². The van der Waals surface area contributed by atoms with Gasteiger partial charge in [0.2, 0.25) is 0 Å². The topological polar surface area (TPSA) is 20.2 Å². The van der Waals surface area contributed by atoms with Crippen molar-refractivity contribution in [2.24, 2.45) is 17.3 Å². The molecule has 1 heteroatoms. The average molecular weight is 208 g/mol. The lowest BCUT2D eigenvalue weighted by molar-refractivity contribution is 0.00976. The second kappa shape index (κ2) is 3.93. The lowest BCUT2D eigenvalue weighted by Crippen LogP contribution is -2.41. The number of aliphatic hydroxyl groups excluding tert-OH is 1. The summed E-state index contributed by atoms with van der Waals surface area (Å²) in [6.45, 7) is 6.89. The predicted octanol–water partition coefficient (Wildman–Crippen LogP) is 3.53. The monoisotopic (exact) mass is 208 g/mol. The van der Waals surface area contributed by atoms with Crippen molar-refractivity contribution in [1.29, 1.82) is 0 Å². The SMILES string of the molecule is CC(C)[C@@H]1CC=C2CCC[C@H](O)[C@]2(C)C1. The summed E-state index contributed by atoms with van der Waals surface area (Å²) in [5.74, 6) is 1.51. The molecule has 1 nitrogen and oxygen atoms in total. The largest absolute Gasteiger partial charge is 0.392 e. The third-order valence-electron chi connectivity index (χ3n) is 4.69. The van der Waals surface area contributed by atoms with E-state index in [1.165, 1.54) is 31.3 Å². The van der Waals surface area contributed by atoms with Crippen LogP contribution in [0.25, 0.3) is 0 Å². The van der Waals surface area contributed by atoms with Gasteiger partial charge in [-0.05, 0) is 43.9 Å². The summed E-state index contributed by atoms with van der Waals surface area (Å²) in [5.41, 5.74) is 1.64. The zero-order chi connectivity index (χ0) is 11.1. The fourth-order valence-corrected chi connectivity index (χ4v) is 3.34. The molecule has 1 saturated carbocycles. The lowest BCUT2D eigenvalue weighted by Gasteiger charge is -2.46. The summed E-state index contributed by atoms with van der Waals surface area (Å²) in [5, 5.41) is 10.2. The minimum atomic E-state index is -0.0981. The summed E-state index contributed by atoms with van der Waals surface area (Å²) >= 11 is 0. The maximum absolute atomic E-state index is 10.2. The molecule has 15 heavy (non-hydrogen) atoms. The number of rotatable bonds is 1. The zero-order valence-corrected chi connectivity index (χ0v) is 10.3. The Morgan fingerprint density at radius 1 is 1.47 bits per heavy atom. The van der Waals surface area contributed by atoms with Gasteiger partial charge in [-0.2, -0.15) is 0 Å². The van der Waals surface area contributed by atoms with E-state index in [1.54, 1.807) is 0 Å². The Labute approximate surface area is 93.6 Å². The minimum absolute atomic E-state index is 0.0981. The van der Waals surface area contributed by atoms with Gasteiger partial charge in [-0.3, -0.25) is 0 Å². The van der Waals surface area contributed by atoms with Crippen LogP contribution in [-0.4, -0.2) is 11.2 Å². The van der Waals surface area contributed by atoms with Crippen molar-refractivity contribution in [2.75, 3.05) is 0 Å². The Bertz CT molecular complexity index is 267. The highest BCUT2D eigenvalue weighted by molar-refractivity contribution is 5.22. The third-order valence-corrected chi connectivity index (χ3v) is 4.69. The number of allylic oxidation sites excluding steroid dienone is 1. The van der Waals surface area contributed by atoms with E-state index in [9.17, 15) is 5.11 Å². The van der Waals surface area contributed by atoms with Crippen molar-refractivity contribution in [3.8, 4) is 0 Å². The molecule has 0 amide bonds. The van der Waals surface area contributed by atoms with Crippen LogP contribution >= 0.6 is 0 Å². The van der Waals surface area contributed by atoms with Gasteiger partial charge in [-0.15, -0.1) is 0 Å². The molecule has 2 aliphatic carbocycles. The number of hydrogen-bond acceptors (Lipinski definition) is 1. The molecule has 86 valence electrons. The standard InChI is InChI=1S/C14H24O/c1-10(2)11-7-8-12-5-4-6-13(15)14(12,3)9-11/h8,10-11,13,15H,4-7,9H2,1-3H3/t11-,13+,14-/m1/s1. The Morgan fingerprint density at radius 2 is 2.20 bits per heavy atom. The van der Waals surface area contributed by atoms with Crippen LogP contribution in [0.15, 0.2) is 11.6 Å². The summed E-state index contributed by atoms with van der Waals surface area (Å²) in [4.78, 5) is 0. The van der Waals surface area contributed by atoms with Crippen LogP contribution in [0.4, 0.5) is 0 Å². The van der Waals surface area contributed by atoms with E-state index < -0.39 is 0 Å². The second-order valence-corrected chi connectivity index (χ2v) is 6.00. The zero-order valence-electron chi connectivity index (χ0n) is 10.3. The molecule has 0 radical (unpaired) electrons. The minimum Gasteiger partial charge on any atom is -0.392 e. The highest BCUT2D eigenvalue weighted by Crippen LogP contribution is 2.50. The molecule has 0 spiro atoms. The maximum atomic E-state index is 10.2. The van der Waals surface area contributed by atoms with Crippen molar-refractivity contribution in [2.45, 2.75) is 59.0 Å². The van der Waals surface area contributed by atoms with Gasteiger partial charge in [0.25, 0.3) is 0 Å². The van der Waals surface area contributed by atoms with E-state index >= 15 is 0 Å². The molecule has 2 aliphatic rings. The first kappa shape index (κ1) is 11.2. The summed E-state index contributed by atoms with van der Waals surface area (Å²) in [6.07, 6.45) is 8.15. The molecule has 0 aromatic carbocycles. The summed E-state index contributed by atoms with van der Waals surface area (Å²) in [7, 11) is 0. The molecular weight excluding hydrogens is 184 g/mol. The molecule has 1 fully saturated rings. The van der Waals surface area contributed by atoms with Gasteiger partial charge >= 0.3 is 0 Å². The molecule has 2 rings (SSSR count). The van der Waals surface area contributed by atoms with Gasteiger partial charge in [0.15, 0.2) is 0 Å². The Hall–Kier alpha value is -0.300. The van der Waals surface area contributed by atoms with E-state index in [1.807, 2.05) is 0 Å². The van der Waals surface area contributed by atoms with Gasteiger partial charge in [-0.1, -0.05) is 32.4 Å². The first-order valence-electron chi connectivity index (χ1n) is 6.41. The smallest absolute Gasteiger partial charge is 0.0631 e. The van der Waals surface area contributed by atoms with Gasteiger partial charge in [0, 0.05) is 5.41 Å². The lowest BCUT2D eigenvalue weighted by atomic mass is 9.60. The van der Waals surface area contributed by atoms with Crippen molar-refractivity contribution in [3.63, 3.8) is 0 Å². The fourth-order valence-electron chi connectivity index (χ4n) is 3.34. The Morgan fingerprint density at radius 3 is 2.87 bits per heavy atom. The molecule has 0 aliphatic heterocycles. The first-order valence-corrected chi connectivity index (χ1v) is 6.41. The first-order chi connectivity index (χ1) is 7.04. The normalized spacial score (nSPS) is 41.3. The molecule has 0 aromatic rings. The van der Waals surface area contributed by atoms with Gasteiger partial charge in [-0.25, -0.2) is 0 Å². The molecular formula is C14H24O. The van der Waals surface area contributed by atoms with E-state index in [0.717, 1.165) is 18.3 Å². The van der Waals surface area contributed by atoms with Crippen LogP contribution in [0.1, 0.15) is 52.9 Å². The number of aliphatic hydroxyl groups is 1. The van der Waals surface area contributed by atoms with Gasteiger partial charge in [0.05, 0.1) is 6.10 Å². The molecule has 3 atom stereocenters. The van der Waals surface area contributed by atoms with Gasteiger partial charge < -0.3 is 5.11 Å². The molecule has 0 bridgehead atoms. The van der Waals surface area contributed by atoms with E-state index in [0.29, 0.717) is 0 Å². The molecule has 0 saturated heterocycles. The number of hydrogen-bond donors (Lipinski definition) is 1. The number of fused-ring (bicyclic) bond motifs is 1. The van der Waals surface area contributed by atoms with E-state index in [2.05, 4.69) is 26.8 Å². The van der Waals surface area contributed by atoms with Crippen molar-refractivity contribution in [1.82, 2.24) is 0 Å². The highest BCUT2D eigenvalue weighted by atomic mass is 16.3. The van der Waals surface area contributed by atoms with Crippen LogP contribution in [0, 0.1) is 17.3 Å². The van der Waals surface area contributed by atoms with Crippen LogP contribution < -0.4 is 0 Å². The summed E-state index contributed by atoms with van der Waals surface area (Å²) < 4.78 is 0. The second-order valence-electron chi connectivity index (χ2n) is 6.00. The Kier molecular flexibility index (Phi) is 2.94. The van der Waals surface area contributed by atoms with E-state index in [4.69, 9.17) is 0 Å². The van der Waals surface area contributed by atoms with Crippen LogP contribution in [0.5, 0.6) is 0 Å². The molecule has 1 N–H and O–H groups in total.